The van der Waals surface area contributed by atoms with Gasteiger partial charge in [0.15, 0.2) is 6.61 Å². The van der Waals surface area contributed by atoms with Gasteiger partial charge in [0.25, 0.3) is 5.91 Å². The number of carbonyl (C=O) groups excluding carboxylic acids is 1. The van der Waals surface area contributed by atoms with Gasteiger partial charge in [-0.15, -0.1) is 0 Å². The second-order valence-electron chi connectivity index (χ2n) is 4.59. The highest BCUT2D eigenvalue weighted by atomic mass is 16.5. The van der Waals surface area contributed by atoms with Crippen LogP contribution in [0.1, 0.15) is 12.8 Å². The molecule has 1 amide bonds. The number of nitrogens with zero attached hydrogens (tertiary/aromatic N) is 1. The summed E-state index contributed by atoms with van der Waals surface area (Å²) in [6.07, 6.45) is 2.01. The number of carbonyl (C=O) groups is 1. The largest absolute Gasteiger partial charge is 0.497 e. The first-order chi connectivity index (χ1) is 9.24. The Hall–Kier alpha value is -1.75. The van der Waals surface area contributed by atoms with Gasteiger partial charge in [-0.3, -0.25) is 4.79 Å². The van der Waals surface area contributed by atoms with Crippen LogP contribution in [0.4, 0.5) is 0 Å². The van der Waals surface area contributed by atoms with Gasteiger partial charge < -0.3 is 20.1 Å². The summed E-state index contributed by atoms with van der Waals surface area (Å²) in [6, 6.07) is 7.40. The summed E-state index contributed by atoms with van der Waals surface area (Å²) in [6.45, 7) is 1.34. The molecule has 1 saturated heterocycles. The predicted octanol–water partition coefficient (Wildman–Crippen LogP) is 1.02. The van der Waals surface area contributed by atoms with Crippen molar-refractivity contribution in [2.75, 3.05) is 26.8 Å². The molecule has 5 heteroatoms. The monoisotopic (exact) mass is 264 g/mol. The van der Waals surface area contributed by atoms with Crippen molar-refractivity contribution in [2.24, 2.45) is 5.73 Å². The van der Waals surface area contributed by atoms with E-state index in [4.69, 9.17) is 15.2 Å². The summed E-state index contributed by atoms with van der Waals surface area (Å²) in [5, 5.41) is 0. The lowest BCUT2D eigenvalue weighted by atomic mass is 10.2. The van der Waals surface area contributed by atoms with Gasteiger partial charge >= 0.3 is 0 Å². The van der Waals surface area contributed by atoms with Crippen LogP contribution in [0.3, 0.4) is 0 Å². The molecule has 2 rings (SSSR count). The first kappa shape index (κ1) is 13.7. The lowest BCUT2D eigenvalue weighted by Crippen LogP contribution is -2.42. The first-order valence-corrected chi connectivity index (χ1v) is 6.51. The molecule has 1 fully saturated rings. The Kier molecular flexibility index (Phi) is 4.63. The Balaban J connectivity index is 1.89. The van der Waals surface area contributed by atoms with E-state index in [0.29, 0.717) is 18.0 Å². The van der Waals surface area contributed by atoms with Crippen molar-refractivity contribution >= 4 is 5.91 Å². The zero-order valence-corrected chi connectivity index (χ0v) is 11.2. The molecule has 0 bridgehead atoms. The molecule has 1 aliphatic heterocycles. The SMILES string of the molecule is COc1cccc(OCC(=O)N2CCCC2CN)c1. The minimum absolute atomic E-state index is 0.00392. The third-order valence-corrected chi connectivity index (χ3v) is 3.37. The van der Waals surface area contributed by atoms with Crippen LogP contribution in [0.2, 0.25) is 0 Å². The van der Waals surface area contributed by atoms with E-state index < -0.39 is 0 Å². The highest BCUT2D eigenvalue weighted by Crippen LogP contribution is 2.20. The average Bonchev–Trinajstić information content (AvgIpc) is 2.93. The van der Waals surface area contributed by atoms with Gasteiger partial charge in [-0.2, -0.15) is 0 Å². The zero-order chi connectivity index (χ0) is 13.7. The molecule has 5 nitrogen and oxygen atoms in total. The van der Waals surface area contributed by atoms with Crippen molar-refractivity contribution in [1.82, 2.24) is 4.90 Å². The van der Waals surface area contributed by atoms with Crippen molar-refractivity contribution in [1.29, 1.82) is 0 Å². The summed E-state index contributed by atoms with van der Waals surface area (Å²) in [7, 11) is 1.60. The van der Waals surface area contributed by atoms with Crippen LogP contribution in [-0.4, -0.2) is 43.7 Å². The number of hydrogen-bond acceptors (Lipinski definition) is 4. The number of amides is 1. The molecule has 1 aliphatic rings. The molecular weight excluding hydrogens is 244 g/mol. The van der Waals surface area contributed by atoms with E-state index >= 15 is 0 Å². The summed E-state index contributed by atoms with van der Waals surface area (Å²) in [5.41, 5.74) is 5.66. The number of likely N-dealkylation sites (tertiary alicyclic amines) is 1. The molecule has 0 spiro atoms. The molecule has 2 N–H and O–H groups in total. The number of nitrogens with two attached hydrogens (primary N) is 1. The fourth-order valence-electron chi connectivity index (χ4n) is 2.33. The zero-order valence-electron chi connectivity index (χ0n) is 11.2. The Labute approximate surface area is 113 Å². The van der Waals surface area contributed by atoms with Crippen LogP contribution < -0.4 is 15.2 Å². The molecule has 104 valence electrons. The van der Waals surface area contributed by atoms with Gasteiger partial charge in [0.05, 0.1) is 7.11 Å². The van der Waals surface area contributed by atoms with Crippen LogP contribution in [-0.2, 0) is 4.79 Å². The molecule has 1 heterocycles. The van der Waals surface area contributed by atoms with E-state index in [1.54, 1.807) is 19.2 Å². The van der Waals surface area contributed by atoms with E-state index in [-0.39, 0.29) is 18.6 Å². The van der Waals surface area contributed by atoms with Crippen LogP contribution in [0.5, 0.6) is 11.5 Å². The minimum Gasteiger partial charge on any atom is -0.497 e. The van der Waals surface area contributed by atoms with Crippen molar-refractivity contribution in [3.05, 3.63) is 24.3 Å². The summed E-state index contributed by atoms with van der Waals surface area (Å²) in [4.78, 5) is 13.9. The predicted molar refractivity (Wildman–Crippen MR) is 72.3 cm³/mol. The number of ether oxygens (including phenoxy) is 2. The Morgan fingerprint density at radius 3 is 3.00 bits per heavy atom. The van der Waals surface area contributed by atoms with E-state index in [1.807, 2.05) is 17.0 Å². The lowest BCUT2D eigenvalue weighted by molar-refractivity contribution is -0.134. The standard InChI is InChI=1S/C14H20N2O3/c1-18-12-5-2-6-13(8-12)19-10-14(17)16-7-3-4-11(16)9-15/h2,5-6,8,11H,3-4,7,9-10,15H2,1H3. The molecular formula is C14H20N2O3. The number of methoxy groups -OCH3 is 1. The first-order valence-electron chi connectivity index (χ1n) is 6.51. The average molecular weight is 264 g/mol. The van der Waals surface area contributed by atoms with Crippen molar-refractivity contribution in [3.8, 4) is 11.5 Å². The Bertz CT molecular complexity index is 436. The molecule has 0 aromatic heterocycles. The van der Waals surface area contributed by atoms with Crippen molar-refractivity contribution in [2.45, 2.75) is 18.9 Å². The Morgan fingerprint density at radius 1 is 1.47 bits per heavy atom. The highest BCUT2D eigenvalue weighted by Gasteiger charge is 2.27. The van der Waals surface area contributed by atoms with Crippen molar-refractivity contribution in [3.63, 3.8) is 0 Å². The summed E-state index contributed by atoms with van der Waals surface area (Å²) >= 11 is 0. The maximum atomic E-state index is 12.1. The van der Waals surface area contributed by atoms with Crippen LogP contribution in [0.25, 0.3) is 0 Å². The lowest BCUT2D eigenvalue weighted by Gasteiger charge is -2.23. The molecule has 19 heavy (non-hydrogen) atoms. The molecule has 0 saturated carbocycles. The van der Waals surface area contributed by atoms with Gasteiger partial charge in [-0.05, 0) is 25.0 Å². The molecule has 0 aliphatic carbocycles. The van der Waals surface area contributed by atoms with E-state index in [9.17, 15) is 4.79 Å². The van der Waals surface area contributed by atoms with E-state index in [0.717, 1.165) is 19.4 Å². The number of rotatable bonds is 5. The number of hydrogen-bond donors (Lipinski definition) is 1. The second-order valence-corrected chi connectivity index (χ2v) is 4.59. The highest BCUT2D eigenvalue weighted by molar-refractivity contribution is 5.78. The maximum absolute atomic E-state index is 12.1. The van der Waals surface area contributed by atoms with Gasteiger partial charge in [0.1, 0.15) is 11.5 Å². The van der Waals surface area contributed by atoms with Gasteiger partial charge in [-0.1, -0.05) is 6.07 Å². The maximum Gasteiger partial charge on any atom is 0.260 e. The van der Waals surface area contributed by atoms with Gasteiger partial charge in [-0.25, -0.2) is 0 Å². The molecule has 1 aromatic rings. The van der Waals surface area contributed by atoms with Crippen LogP contribution in [0, 0.1) is 0 Å². The topological polar surface area (TPSA) is 64.8 Å². The Morgan fingerprint density at radius 2 is 2.26 bits per heavy atom. The van der Waals surface area contributed by atoms with Gasteiger partial charge in [0, 0.05) is 25.2 Å². The van der Waals surface area contributed by atoms with Crippen LogP contribution >= 0.6 is 0 Å². The number of benzene rings is 1. The fraction of sp³-hybridized carbons (Fsp3) is 0.500. The second kappa shape index (κ2) is 6.43. The van der Waals surface area contributed by atoms with Crippen molar-refractivity contribution < 1.29 is 14.3 Å². The van der Waals surface area contributed by atoms with Gasteiger partial charge in [0.2, 0.25) is 0 Å². The molecule has 0 radical (unpaired) electrons. The molecule has 1 aromatic carbocycles. The molecule has 1 unspecified atom stereocenters. The molecule has 1 atom stereocenters. The third-order valence-electron chi connectivity index (χ3n) is 3.37. The summed E-state index contributed by atoms with van der Waals surface area (Å²) < 4.78 is 10.6. The normalized spacial score (nSPS) is 18.4. The third kappa shape index (κ3) is 3.38. The minimum atomic E-state index is -0.00392. The van der Waals surface area contributed by atoms with Crippen LogP contribution in [0.15, 0.2) is 24.3 Å². The smallest absolute Gasteiger partial charge is 0.260 e. The summed E-state index contributed by atoms with van der Waals surface area (Å²) in [5.74, 6) is 1.35. The fourth-order valence-corrected chi connectivity index (χ4v) is 2.33. The van der Waals surface area contributed by atoms with E-state index in [1.165, 1.54) is 0 Å². The quantitative estimate of drug-likeness (QED) is 0.862. The van der Waals surface area contributed by atoms with E-state index in [2.05, 4.69) is 0 Å².